The number of halogens is 3. The second-order valence-corrected chi connectivity index (χ2v) is 10.5. The summed E-state index contributed by atoms with van der Waals surface area (Å²) in [7, 11) is 0. The topological polar surface area (TPSA) is 112 Å². The number of likely N-dealkylation sites (tertiary alicyclic amines) is 1. The number of nitrogens with one attached hydrogen (secondary N) is 1. The van der Waals surface area contributed by atoms with Gasteiger partial charge in [-0.25, -0.2) is 23.7 Å². The largest absolute Gasteiger partial charge is 0.481 e. The maximum atomic E-state index is 14.9. The lowest BCUT2D eigenvalue weighted by Crippen LogP contribution is -2.36. The molecule has 4 aromatic rings. The number of rotatable bonds is 6. The van der Waals surface area contributed by atoms with E-state index >= 15 is 0 Å². The second-order valence-electron chi connectivity index (χ2n) is 10.5. The number of amides is 1. The predicted molar refractivity (Wildman–Crippen MR) is 140 cm³/mol. The number of carbonyl (C=O) groups excluding carboxylic acids is 1. The molecule has 0 saturated carbocycles. The molecule has 0 aromatic carbocycles. The van der Waals surface area contributed by atoms with Crippen molar-refractivity contribution in [2.24, 2.45) is 0 Å². The number of carbonyl (C=O) groups is 1. The summed E-state index contributed by atoms with van der Waals surface area (Å²) in [5.74, 6) is 1.63. The zero-order chi connectivity index (χ0) is 28.8. The first kappa shape index (κ1) is 27.2. The smallest absolute Gasteiger partial charge is 0.410 e. The van der Waals surface area contributed by atoms with E-state index in [4.69, 9.17) is 9.47 Å². The van der Waals surface area contributed by atoms with Crippen molar-refractivity contribution in [3.8, 4) is 17.0 Å². The number of ether oxygens (including phenoxy) is 2. The van der Waals surface area contributed by atoms with Crippen molar-refractivity contribution in [2.75, 3.05) is 18.4 Å². The zero-order valence-electron chi connectivity index (χ0n) is 22.6. The highest BCUT2D eigenvalue weighted by molar-refractivity contribution is 5.73. The molecule has 1 amide bonds. The molecule has 0 bridgehead atoms. The molecule has 1 aliphatic heterocycles. The Bertz CT molecular complexity index is 1530. The number of pyridine rings is 1. The number of aryl methyl sites for hydroxylation is 2. The van der Waals surface area contributed by atoms with Crippen LogP contribution >= 0.6 is 0 Å². The van der Waals surface area contributed by atoms with Crippen LogP contribution < -0.4 is 10.1 Å². The van der Waals surface area contributed by atoms with Gasteiger partial charge in [-0.15, -0.1) is 0 Å². The van der Waals surface area contributed by atoms with Crippen LogP contribution in [0, 0.1) is 13.8 Å². The van der Waals surface area contributed by atoms with Crippen LogP contribution in [0.25, 0.3) is 16.8 Å². The number of alkyl halides is 3. The second kappa shape index (κ2) is 10.3. The molecule has 1 N–H and O–H groups in total. The highest BCUT2D eigenvalue weighted by Crippen LogP contribution is 2.36. The van der Waals surface area contributed by atoms with Crippen LogP contribution in [0.3, 0.4) is 0 Å². The molecule has 14 heteroatoms. The Hall–Kier alpha value is -4.36. The molecule has 40 heavy (non-hydrogen) atoms. The maximum absolute atomic E-state index is 14.9. The number of hydrogen-bond donors (Lipinski definition) is 1. The number of aromatic nitrogens is 6. The van der Waals surface area contributed by atoms with Crippen molar-refractivity contribution in [2.45, 2.75) is 59.0 Å². The van der Waals surface area contributed by atoms with Crippen molar-refractivity contribution in [3.05, 3.63) is 48.2 Å². The highest BCUT2D eigenvalue weighted by Gasteiger charge is 2.40. The number of nitrogens with zero attached hydrogens (tertiary/aromatic N) is 7. The summed E-state index contributed by atoms with van der Waals surface area (Å²) < 4.78 is 56.0. The molecule has 0 spiro atoms. The molecule has 0 unspecified atom stereocenters. The molecule has 4 aromatic heterocycles. The summed E-state index contributed by atoms with van der Waals surface area (Å²) in [4.78, 5) is 22.2. The lowest BCUT2D eigenvalue weighted by molar-refractivity contribution is 0.0273. The lowest BCUT2D eigenvalue weighted by Gasteiger charge is -2.24. The quantitative estimate of drug-likeness (QED) is 0.349. The lowest BCUT2D eigenvalue weighted by atomic mass is 10.1. The van der Waals surface area contributed by atoms with Crippen molar-refractivity contribution in [1.29, 1.82) is 0 Å². The van der Waals surface area contributed by atoms with Crippen LogP contribution in [-0.2, 0) is 4.74 Å². The molecule has 1 fully saturated rings. The average molecular weight is 559 g/mol. The average Bonchev–Trinajstić information content (AvgIpc) is 3.53. The SMILES string of the molecule is Cc1cc(Nc2cc3cc(-c4c(O[C@@H]5CN(C(=O)OC(C)(C)C)C[C@@H]5F)cnn4C(F)F)ccn3n2)nc(C)n1. The third-order valence-electron chi connectivity index (χ3n) is 6.03. The fourth-order valence-corrected chi connectivity index (χ4v) is 4.45. The Kier molecular flexibility index (Phi) is 7.02. The summed E-state index contributed by atoms with van der Waals surface area (Å²) in [5, 5.41) is 11.4. The minimum atomic E-state index is -2.97. The molecule has 1 aliphatic rings. The van der Waals surface area contributed by atoms with Gasteiger partial charge >= 0.3 is 12.6 Å². The summed E-state index contributed by atoms with van der Waals surface area (Å²) in [5.41, 5.74) is 0.967. The number of fused-ring (bicyclic) bond motifs is 1. The Labute approximate surface area is 227 Å². The minimum Gasteiger partial charge on any atom is -0.481 e. The molecule has 2 atom stereocenters. The van der Waals surface area contributed by atoms with E-state index in [1.165, 1.54) is 4.90 Å². The van der Waals surface area contributed by atoms with E-state index in [0.29, 0.717) is 33.2 Å². The van der Waals surface area contributed by atoms with Crippen molar-refractivity contribution >= 4 is 23.2 Å². The molecular weight excluding hydrogens is 529 g/mol. The summed E-state index contributed by atoms with van der Waals surface area (Å²) in [6.45, 7) is 5.45. The Morgan fingerprint density at radius 1 is 1.12 bits per heavy atom. The van der Waals surface area contributed by atoms with Crippen molar-refractivity contribution in [3.63, 3.8) is 0 Å². The van der Waals surface area contributed by atoms with E-state index in [1.54, 1.807) is 62.7 Å². The van der Waals surface area contributed by atoms with Gasteiger partial charge in [-0.3, -0.25) is 0 Å². The van der Waals surface area contributed by atoms with E-state index in [2.05, 4.69) is 25.5 Å². The summed E-state index contributed by atoms with van der Waals surface area (Å²) in [6, 6.07) is 6.73. The van der Waals surface area contributed by atoms with Gasteiger partial charge in [-0.05, 0) is 46.8 Å². The Morgan fingerprint density at radius 2 is 1.90 bits per heavy atom. The van der Waals surface area contributed by atoms with Gasteiger partial charge in [0.1, 0.15) is 29.0 Å². The molecule has 11 nitrogen and oxygen atoms in total. The monoisotopic (exact) mass is 558 g/mol. The number of anilines is 2. The maximum Gasteiger partial charge on any atom is 0.410 e. The van der Waals surface area contributed by atoms with Crippen LogP contribution in [0.2, 0.25) is 0 Å². The zero-order valence-corrected chi connectivity index (χ0v) is 22.6. The van der Waals surface area contributed by atoms with E-state index in [1.807, 2.05) is 6.92 Å². The van der Waals surface area contributed by atoms with E-state index in [9.17, 15) is 18.0 Å². The summed E-state index contributed by atoms with van der Waals surface area (Å²) >= 11 is 0. The van der Waals surface area contributed by atoms with Crippen LogP contribution in [-0.4, -0.2) is 71.3 Å². The Morgan fingerprint density at radius 3 is 2.60 bits per heavy atom. The van der Waals surface area contributed by atoms with Gasteiger partial charge in [0.05, 0.1) is 24.8 Å². The van der Waals surface area contributed by atoms with Crippen LogP contribution in [0.1, 0.15) is 38.8 Å². The highest BCUT2D eigenvalue weighted by atomic mass is 19.3. The molecule has 0 aliphatic carbocycles. The van der Waals surface area contributed by atoms with Gasteiger partial charge in [0, 0.05) is 29.6 Å². The molecular formula is C26H29F3N8O3. The van der Waals surface area contributed by atoms with Crippen molar-refractivity contribution in [1.82, 2.24) is 34.3 Å². The van der Waals surface area contributed by atoms with Gasteiger partial charge in [-0.1, -0.05) is 0 Å². The molecule has 1 saturated heterocycles. The van der Waals surface area contributed by atoms with E-state index in [0.717, 1.165) is 11.9 Å². The fourth-order valence-electron chi connectivity index (χ4n) is 4.45. The molecule has 5 rings (SSSR count). The Balaban J connectivity index is 1.41. The van der Waals surface area contributed by atoms with Crippen LogP contribution in [0.4, 0.5) is 29.6 Å². The molecule has 0 radical (unpaired) electrons. The molecule has 212 valence electrons. The van der Waals surface area contributed by atoms with Gasteiger partial charge in [0.15, 0.2) is 17.7 Å². The standard InChI is InChI=1S/C26H29F3N8O3/c1-14-8-21(32-15(2)31-14)33-22-10-17-9-16(6-7-36(17)34-22)23-19(11-30-37(23)24(28)29)39-20-13-35(12-18(20)27)25(38)40-26(3,4)5/h6-11,18,20,24H,12-13H2,1-5H3,(H,31,32,33,34)/t18-,20+/m0/s1. The summed E-state index contributed by atoms with van der Waals surface area (Å²) in [6.07, 6.45) is -0.576. The first-order valence-corrected chi connectivity index (χ1v) is 12.6. The molecule has 5 heterocycles. The van der Waals surface area contributed by atoms with Gasteiger partial charge in [-0.2, -0.15) is 23.7 Å². The van der Waals surface area contributed by atoms with Crippen molar-refractivity contribution < 1.29 is 27.4 Å². The van der Waals surface area contributed by atoms with Gasteiger partial charge < -0.3 is 19.7 Å². The van der Waals surface area contributed by atoms with Gasteiger partial charge in [0.2, 0.25) is 0 Å². The normalized spacial score (nSPS) is 17.6. The fraction of sp³-hybridized carbons (Fsp3) is 0.423. The van der Waals surface area contributed by atoms with Gasteiger partial charge in [0.25, 0.3) is 0 Å². The van der Waals surface area contributed by atoms with Crippen LogP contribution in [0.5, 0.6) is 5.75 Å². The first-order chi connectivity index (χ1) is 18.9. The minimum absolute atomic E-state index is 0.0295. The third-order valence-corrected chi connectivity index (χ3v) is 6.03. The predicted octanol–water partition coefficient (Wildman–Crippen LogP) is 5.08. The number of hydrogen-bond acceptors (Lipinski definition) is 8. The third kappa shape index (κ3) is 5.80. The van der Waals surface area contributed by atoms with E-state index in [-0.39, 0.29) is 24.5 Å². The van der Waals surface area contributed by atoms with Crippen LogP contribution in [0.15, 0.2) is 36.7 Å². The first-order valence-electron chi connectivity index (χ1n) is 12.6. The van der Waals surface area contributed by atoms with E-state index < -0.39 is 30.5 Å².